The van der Waals surface area contributed by atoms with Gasteiger partial charge in [-0.2, -0.15) is 0 Å². The van der Waals surface area contributed by atoms with Gasteiger partial charge < -0.3 is 0 Å². The second-order valence-corrected chi connectivity index (χ2v) is 9.29. The van der Waals surface area contributed by atoms with Crippen molar-refractivity contribution >= 4 is 18.6 Å². The van der Waals surface area contributed by atoms with Crippen molar-refractivity contribution in [2.45, 2.75) is 64.2 Å². The molecule has 10 radical (unpaired) electrons. The van der Waals surface area contributed by atoms with Gasteiger partial charge in [0.2, 0.25) is 0 Å². The van der Waals surface area contributed by atoms with Crippen LogP contribution in [0.1, 0.15) is 64.2 Å². The minimum absolute atomic E-state index is 0.556. The summed E-state index contributed by atoms with van der Waals surface area (Å²) in [5, 5.41) is 0. The van der Waals surface area contributed by atoms with Gasteiger partial charge in [-0.05, 0) is 99.7 Å². The molecule has 0 aliphatic heterocycles. The monoisotopic (exact) mass is 382 g/mol. The van der Waals surface area contributed by atoms with Crippen LogP contribution in [0.3, 0.4) is 0 Å². The van der Waals surface area contributed by atoms with Crippen LogP contribution in [-0.2, 0) is 17.0 Å². The molecule has 0 atom stereocenters. The maximum atomic E-state index is 4.89. The van der Waals surface area contributed by atoms with Gasteiger partial charge in [-0.1, -0.05) is 25.7 Å². The molecular weight excluding hydrogens is 359 g/mol. The van der Waals surface area contributed by atoms with Gasteiger partial charge in [0, 0.05) is 0 Å². The number of hydrogen-bond donors (Lipinski definition) is 0. The molecule has 0 unspecified atom stereocenters. The van der Waals surface area contributed by atoms with Crippen LogP contribution in [0.25, 0.3) is 0 Å². The normalized spacial score (nSPS) is 28.3. The second-order valence-electron chi connectivity index (χ2n) is 6.71. The molecule has 0 heterocycles. The molecule has 4 rings (SSSR count). The predicted octanol–water partition coefficient (Wildman–Crippen LogP) is 6.58. The third kappa shape index (κ3) is 4.93. The van der Waals surface area contributed by atoms with Crippen molar-refractivity contribution in [2.24, 2.45) is 0 Å². The molecule has 4 aliphatic carbocycles. The quantitative estimate of drug-likeness (QED) is 0.483. The Morgan fingerprint density at radius 1 is 0.652 bits per heavy atom. The molecule has 0 nitrogen and oxygen atoms in total. The van der Waals surface area contributed by atoms with Crippen LogP contribution in [0.2, 0.25) is 0 Å². The Balaban J connectivity index is 0.000000485. The van der Waals surface area contributed by atoms with Gasteiger partial charge in [-0.3, -0.25) is 0 Å². The third-order valence-electron chi connectivity index (χ3n) is 5.43. The number of hydrogen-bond acceptors (Lipinski definition) is 0. The van der Waals surface area contributed by atoms with Crippen molar-refractivity contribution in [1.82, 2.24) is 0 Å². The Kier molecular flexibility index (Phi) is 8.16. The van der Waals surface area contributed by atoms with Crippen LogP contribution < -0.4 is 0 Å². The van der Waals surface area contributed by atoms with Crippen LogP contribution in [-0.4, -0.2) is 0 Å². The first kappa shape index (κ1) is 19.1. The summed E-state index contributed by atoms with van der Waals surface area (Å²) < 4.78 is 0. The van der Waals surface area contributed by atoms with Gasteiger partial charge >= 0.3 is 35.6 Å². The van der Waals surface area contributed by atoms with E-state index in [1.807, 2.05) is 0 Å². The number of halogens is 2. The zero-order valence-electron chi connectivity index (χ0n) is 13.6. The van der Waals surface area contributed by atoms with E-state index in [4.69, 9.17) is 18.6 Å². The number of fused-ring (bicyclic) bond motifs is 2. The molecular formula is C20H24Cl2Ti. The fraction of sp³-hybridized carbons (Fsp3) is 0.500. The zero-order chi connectivity index (χ0) is 16.1. The molecule has 0 saturated heterocycles. The van der Waals surface area contributed by atoms with E-state index in [9.17, 15) is 0 Å². The van der Waals surface area contributed by atoms with Crippen molar-refractivity contribution in [3.05, 3.63) is 61.2 Å². The van der Waals surface area contributed by atoms with E-state index >= 15 is 0 Å². The van der Waals surface area contributed by atoms with Crippen molar-refractivity contribution in [1.29, 1.82) is 0 Å². The first-order chi connectivity index (χ1) is 11.3. The summed E-state index contributed by atoms with van der Waals surface area (Å²) >= 11 is -0.556. The summed E-state index contributed by atoms with van der Waals surface area (Å²) in [4.78, 5) is 0. The van der Waals surface area contributed by atoms with E-state index in [2.05, 4.69) is 25.7 Å². The molecule has 4 aliphatic rings. The van der Waals surface area contributed by atoms with Gasteiger partial charge in [0.1, 0.15) is 0 Å². The summed E-state index contributed by atoms with van der Waals surface area (Å²) in [6.07, 6.45) is 23.0. The Hall–Kier alpha value is 1.29. The predicted molar refractivity (Wildman–Crippen MR) is 94.5 cm³/mol. The van der Waals surface area contributed by atoms with Gasteiger partial charge in [0.25, 0.3) is 0 Å². The zero-order valence-corrected chi connectivity index (χ0v) is 16.7. The minimum atomic E-state index is -0.556. The molecule has 4 saturated carbocycles. The van der Waals surface area contributed by atoms with Crippen molar-refractivity contribution in [3.8, 4) is 0 Å². The van der Waals surface area contributed by atoms with Crippen LogP contribution in [0.4, 0.5) is 0 Å². The Morgan fingerprint density at radius 3 is 1.48 bits per heavy atom. The molecule has 0 aromatic rings. The molecule has 23 heavy (non-hydrogen) atoms. The van der Waals surface area contributed by atoms with Gasteiger partial charge in [-0.25, -0.2) is 0 Å². The van der Waals surface area contributed by atoms with Crippen LogP contribution >= 0.6 is 18.6 Å². The SMILES string of the molecule is [CH]1[CH][C](CC[C]2[CH][CH][C]3CCCC[C]32)[C]2CCCC[C]12.[Cl][Ti][Cl]. The molecule has 0 spiro atoms. The molecule has 0 N–H and O–H groups in total. The first-order valence-corrected chi connectivity index (χ1v) is 13.1. The van der Waals surface area contributed by atoms with E-state index in [1.54, 1.807) is 35.5 Å². The van der Waals surface area contributed by atoms with E-state index in [0.717, 1.165) is 0 Å². The van der Waals surface area contributed by atoms with Crippen molar-refractivity contribution < 1.29 is 17.0 Å². The first-order valence-electron chi connectivity index (χ1n) is 8.82. The molecule has 0 bridgehead atoms. The average Bonchev–Trinajstić information content (AvgIpc) is 3.18. The third-order valence-corrected chi connectivity index (χ3v) is 5.43. The second kappa shape index (κ2) is 9.84. The van der Waals surface area contributed by atoms with Gasteiger partial charge in [-0.15, -0.1) is 0 Å². The molecule has 3 heteroatoms. The van der Waals surface area contributed by atoms with Gasteiger partial charge in [0.15, 0.2) is 0 Å². The topological polar surface area (TPSA) is 0 Å². The summed E-state index contributed by atoms with van der Waals surface area (Å²) in [5.41, 5.74) is 0. The molecule has 0 aromatic heterocycles. The molecule has 122 valence electrons. The van der Waals surface area contributed by atoms with E-state index in [1.165, 1.54) is 64.2 Å². The van der Waals surface area contributed by atoms with Crippen LogP contribution in [0.15, 0.2) is 0 Å². The van der Waals surface area contributed by atoms with E-state index in [-0.39, 0.29) is 0 Å². The molecule has 0 amide bonds. The fourth-order valence-electron chi connectivity index (χ4n) is 4.30. The van der Waals surface area contributed by atoms with Crippen molar-refractivity contribution in [3.63, 3.8) is 0 Å². The fourth-order valence-corrected chi connectivity index (χ4v) is 4.30. The Bertz CT molecular complexity index is 317. The summed E-state index contributed by atoms with van der Waals surface area (Å²) in [7, 11) is 9.78. The standard InChI is InChI=1S/C20H24.2ClH.Ti/c1-3-7-19-15(5-1)9-11-17(19)13-14-18-12-10-16-6-2-4-8-20(16)18;;;/h9-12H,1-8,13-14H2;2*1H;/q;;;+2/p-2. The summed E-state index contributed by atoms with van der Waals surface area (Å²) in [6.45, 7) is 0. The number of rotatable bonds is 3. The molecule has 4 fully saturated rings. The van der Waals surface area contributed by atoms with Crippen LogP contribution in [0, 0.1) is 61.2 Å². The summed E-state index contributed by atoms with van der Waals surface area (Å²) in [5.74, 6) is 10.00. The van der Waals surface area contributed by atoms with E-state index in [0.29, 0.717) is 0 Å². The molecule has 0 aromatic carbocycles. The van der Waals surface area contributed by atoms with E-state index < -0.39 is 17.0 Å². The Labute approximate surface area is 160 Å². The van der Waals surface area contributed by atoms with Gasteiger partial charge in [0.05, 0.1) is 0 Å². The van der Waals surface area contributed by atoms with Crippen LogP contribution in [0.5, 0.6) is 0 Å². The van der Waals surface area contributed by atoms with Crippen molar-refractivity contribution in [2.75, 3.05) is 0 Å². The summed E-state index contributed by atoms with van der Waals surface area (Å²) in [6, 6.07) is 0. The Morgan fingerprint density at radius 2 is 1.04 bits per heavy atom. The average molecular weight is 383 g/mol. The maximum absolute atomic E-state index is 4.89.